The van der Waals surface area contributed by atoms with Crippen LogP contribution in [0, 0.1) is 0 Å². The highest BCUT2D eigenvalue weighted by Crippen LogP contribution is 2.34. The summed E-state index contributed by atoms with van der Waals surface area (Å²) in [6.45, 7) is 0.760. The highest BCUT2D eigenvalue weighted by Gasteiger charge is 2.14. The summed E-state index contributed by atoms with van der Waals surface area (Å²) >= 11 is 1.66. The fourth-order valence-electron chi connectivity index (χ4n) is 2.93. The monoisotopic (exact) mass is 287 g/mol. The summed E-state index contributed by atoms with van der Waals surface area (Å²) in [7, 11) is 0. The summed E-state index contributed by atoms with van der Waals surface area (Å²) < 4.78 is 0. The van der Waals surface area contributed by atoms with Gasteiger partial charge in [-0.15, -0.1) is 11.3 Å². The van der Waals surface area contributed by atoms with E-state index in [2.05, 4.69) is 11.4 Å². The molecule has 106 valence electrons. The molecule has 0 saturated heterocycles. The molecule has 3 rings (SSSR count). The summed E-state index contributed by atoms with van der Waals surface area (Å²) in [4.78, 5) is 1.13. The summed E-state index contributed by atoms with van der Waals surface area (Å²) in [6.07, 6.45) is 6.58. The van der Waals surface area contributed by atoms with E-state index in [9.17, 15) is 5.11 Å². The Morgan fingerprint density at radius 2 is 1.95 bits per heavy atom. The van der Waals surface area contributed by atoms with Crippen LogP contribution in [0.3, 0.4) is 0 Å². The van der Waals surface area contributed by atoms with Gasteiger partial charge in [0.05, 0.1) is 0 Å². The Labute approximate surface area is 124 Å². The lowest BCUT2D eigenvalue weighted by molar-refractivity contribution is 0.369. The molecular weight excluding hydrogens is 266 g/mol. The van der Waals surface area contributed by atoms with Gasteiger partial charge in [-0.3, -0.25) is 0 Å². The van der Waals surface area contributed by atoms with Gasteiger partial charge in [-0.1, -0.05) is 37.5 Å². The normalized spacial score (nSPS) is 16.4. The number of phenols is 1. The fourth-order valence-corrected chi connectivity index (χ4v) is 3.68. The lowest BCUT2D eigenvalue weighted by Crippen LogP contribution is -2.30. The molecule has 1 heterocycles. The van der Waals surface area contributed by atoms with Gasteiger partial charge in [0.15, 0.2) is 0 Å². The van der Waals surface area contributed by atoms with Crippen molar-refractivity contribution in [2.45, 2.75) is 44.7 Å². The zero-order valence-electron chi connectivity index (χ0n) is 11.6. The van der Waals surface area contributed by atoms with E-state index in [4.69, 9.17) is 0 Å². The predicted octanol–water partition coefficient (Wildman–Crippen LogP) is 4.54. The SMILES string of the molecule is Oc1c(CNC2CCCCC2)cccc1-c1cccs1. The zero-order chi connectivity index (χ0) is 13.8. The third-order valence-electron chi connectivity index (χ3n) is 4.09. The molecule has 0 spiro atoms. The standard InChI is InChI=1S/C17H21NOS/c19-17-13(12-18-14-7-2-1-3-8-14)6-4-9-15(17)16-10-5-11-20-16/h4-6,9-11,14,18-19H,1-3,7-8,12H2. The van der Waals surface area contributed by atoms with Crippen molar-refractivity contribution in [1.82, 2.24) is 5.32 Å². The largest absolute Gasteiger partial charge is 0.507 e. The first-order chi connectivity index (χ1) is 9.84. The van der Waals surface area contributed by atoms with Crippen LogP contribution in [-0.2, 0) is 6.54 Å². The summed E-state index contributed by atoms with van der Waals surface area (Å²) in [5.41, 5.74) is 1.95. The van der Waals surface area contributed by atoms with E-state index in [0.29, 0.717) is 11.8 Å². The van der Waals surface area contributed by atoms with Crippen LogP contribution in [-0.4, -0.2) is 11.1 Å². The minimum Gasteiger partial charge on any atom is -0.507 e. The molecule has 0 unspecified atom stereocenters. The van der Waals surface area contributed by atoms with E-state index in [1.54, 1.807) is 11.3 Å². The second-order valence-corrected chi connectivity index (χ2v) is 6.45. The average molecular weight is 287 g/mol. The van der Waals surface area contributed by atoms with Crippen LogP contribution in [0.4, 0.5) is 0 Å². The molecule has 1 fully saturated rings. The second kappa shape index (κ2) is 6.42. The lowest BCUT2D eigenvalue weighted by atomic mass is 9.95. The summed E-state index contributed by atoms with van der Waals surface area (Å²) in [6, 6.07) is 10.7. The van der Waals surface area contributed by atoms with Crippen LogP contribution in [0.25, 0.3) is 10.4 Å². The van der Waals surface area contributed by atoms with Crippen molar-refractivity contribution in [3.05, 3.63) is 41.3 Å². The molecule has 1 aliphatic carbocycles. The number of thiophene rings is 1. The van der Waals surface area contributed by atoms with E-state index < -0.39 is 0 Å². The molecule has 0 aliphatic heterocycles. The van der Waals surface area contributed by atoms with Gasteiger partial charge in [0, 0.05) is 28.6 Å². The van der Waals surface area contributed by atoms with Crippen molar-refractivity contribution in [2.75, 3.05) is 0 Å². The molecular formula is C17H21NOS. The van der Waals surface area contributed by atoms with Gasteiger partial charge in [0.25, 0.3) is 0 Å². The van der Waals surface area contributed by atoms with Crippen LogP contribution in [0.5, 0.6) is 5.75 Å². The second-order valence-electron chi connectivity index (χ2n) is 5.51. The van der Waals surface area contributed by atoms with Gasteiger partial charge in [-0.05, 0) is 30.4 Å². The van der Waals surface area contributed by atoms with E-state index in [1.165, 1.54) is 32.1 Å². The molecule has 20 heavy (non-hydrogen) atoms. The minimum absolute atomic E-state index is 0.429. The van der Waals surface area contributed by atoms with Crippen LogP contribution >= 0.6 is 11.3 Å². The van der Waals surface area contributed by atoms with Crippen molar-refractivity contribution in [2.24, 2.45) is 0 Å². The first-order valence-electron chi connectivity index (χ1n) is 7.43. The van der Waals surface area contributed by atoms with E-state index in [0.717, 1.165) is 22.5 Å². The van der Waals surface area contributed by atoms with Gasteiger partial charge in [0.2, 0.25) is 0 Å². The average Bonchev–Trinajstić information content (AvgIpc) is 3.01. The Bertz CT molecular complexity index is 544. The topological polar surface area (TPSA) is 32.3 Å². The molecule has 3 heteroatoms. The van der Waals surface area contributed by atoms with Crippen LogP contribution in [0.1, 0.15) is 37.7 Å². The van der Waals surface area contributed by atoms with Gasteiger partial charge < -0.3 is 10.4 Å². The van der Waals surface area contributed by atoms with Crippen molar-refractivity contribution >= 4 is 11.3 Å². The lowest BCUT2D eigenvalue weighted by Gasteiger charge is -2.23. The maximum absolute atomic E-state index is 10.5. The van der Waals surface area contributed by atoms with Gasteiger partial charge in [0.1, 0.15) is 5.75 Å². The Hall–Kier alpha value is -1.32. The van der Waals surface area contributed by atoms with E-state index in [1.807, 2.05) is 29.6 Å². The molecule has 2 aromatic rings. The number of hydrogen-bond donors (Lipinski definition) is 2. The van der Waals surface area contributed by atoms with Crippen molar-refractivity contribution < 1.29 is 5.11 Å². The Balaban J connectivity index is 1.72. The smallest absolute Gasteiger partial charge is 0.128 e. The van der Waals surface area contributed by atoms with E-state index in [-0.39, 0.29) is 0 Å². The van der Waals surface area contributed by atoms with Gasteiger partial charge in [-0.25, -0.2) is 0 Å². The van der Waals surface area contributed by atoms with Gasteiger partial charge >= 0.3 is 0 Å². The number of rotatable bonds is 4. The fraction of sp³-hybridized carbons (Fsp3) is 0.412. The highest BCUT2D eigenvalue weighted by atomic mass is 32.1. The van der Waals surface area contributed by atoms with Crippen molar-refractivity contribution in [1.29, 1.82) is 0 Å². The minimum atomic E-state index is 0.429. The zero-order valence-corrected chi connectivity index (χ0v) is 12.5. The molecule has 0 radical (unpaired) electrons. The maximum atomic E-state index is 10.5. The number of aromatic hydroxyl groups is 1. The highest BCUT2D eigenvalue weighted by molar-refractivity contribution is 7.13. The number of hydrogen-bond acceptors (Lipinski definition) is 3. The molecule has 1 aromatic carbocycles. The number of phenolic OH excluding ortho intramolecular Hbond substituents is 1. The molecule has 1 saturated carbocycles. The van der Waals surface area contributed by atoms with Crippen molar-refractivity contribution in [3.8, 4) is 16.2 Å². The number of nitrogens with one attached hydrogen (secondary N) is 1. The molecule has 0 bridgehead atoms. The Morgan fingerprint density at radius 3 is 2.70 bits per heavy atom. The molecule has 2 N–H and O–H groups in total. The first-order valence-corrected chi connectivity index (χ1v) is 8.30. The Morgan fingerprint density at radius 1 is 1.10 bits per heavy atom. The Kier molecular flexibility index (Phi) is 4.38. The quantitative estimate of drug-likeness (QED) is 0.865. The number of para-hydroxylation sites is 1. The maximum Gasteiger partial charge on any atom is 0.128 e. The van der Waals surface area contributed by atoms with Crippen LogP contribution in [0.2, 0.25) is 0 Å². The molecule has 0 atom stereocenters. The summed E-state index contributed by atoms with van der Waals surface area (Å²) in [5.74, 6) is 0.429. The third kappa shape index (κ3) is 3.05. The summed E-state index contributed by atoms with van der Waals surface area (Å²) in [5, 5.41) is 16.1. The molecule has 0 amide bonds. The van der Waals surface area contributed by atoms with E-state index >= 15 is 0 Å². The predicted molar refractivity (Wildman–Crippen MR) is 85.1 cm³/mol. The first kappa shape index (κ1) is 13.7. The molecule has 1 aliphatic rings. The molecule has 1 aromatic heterocycles. The van der Waals surface area contributed by atoms with Crippen molar-refractivity contribution in [3.63, 3.8) is 0 Å². The third-order valence-corrected chi connectivity index (χ3v) is 5.00. The van der Waals surface area contributed by atoms with Crippen LogP contribution < -0.4 is 5.32 Å². The number of benzene rings is 1. The molecule has 2 nitrogen and oxygen atoms in total. The van der Waals surface area contributed by atoms with Crippen LogP contribution in [0.15, 0.2) is 35.7 Å². The van der Waals surface area contributed by atoms with Gasteiger partial charge in [-0.2, -0.15) is 0 Å².